The molecule has 1 saturated carbocycles. The van der Waals surface area contributed by atoms with Crippen LogP contribution in [0.3, 0.4) is 0 Å². The molecule has 26 heavy (non-hydrogen) atoms. The van der Waals surface area contributed by atoms with E-state index in [0.29, 0.717) is 12.2 Å². The van der Waals surface area contributed by atoms with E-state index in [2.05, 4.69) is 10.6 Å². The number of benzene rings is 1. The molecule has 1 aromatic heterocycles. The van der Waals surface area contributed by atoms with Gasteiger partial charge >= 0.3 is 0 Å². The van der Waals surface area contributed by atoms with E-state index in [-0.39, 0.29) is 30.3 Å². The standard InChI is InChI=1S/C20H24N2O4/c23-19(14-26-17-8-2-1-3-9-17)21-13-15-6-4-7-16(12-15)22-20(24)18-10-5-11-25-18/h4-7,10-12,17H,1-3,8-9,13-14H2,(H,21,23)(H,22,24). The molecule has 2 amide bonds. The summed E-state index contributed by atoms with van der Waals surface area (Å²) < 4.78 is 10.7. The summed E-state index contributed by atoms with van der Waals surface area (Å²) in [5, 5.41) is 5.62. The fourth-order valence-corrected chi connectivity index (χ4v) is 3.04. The molecular weight excluding hydrogens is 332 g/mol. The summed E-state index contributed by atoms with van der Waals surface area (Å²) >= 11 is 0. The van der Waals surface area contributed by atoms with Gasteiger partial charge in [-0.25, -0.2) is 0 Å². The maximum Gasteiger partial charge on any atom is 0.291 e. The van der Waals surface area contributed by atoms with Gasteiger partial charge in [0.2, 0.25) is 5.91 Å². The highest BCUT2D eigenvalue weighted by atomic mass is 16.5. The van der Waals surface area contributed by atoms with E-state index >= 15 is 0 Å². The van der Waals surface area contributed by atoms with Crippen molar-refractivity contribution in [3.05, 3.63) is 54.0 Å². The molecule has 0 atom stereocenters. The molecule has 2 aromatic rings. The number of nitrogens with one attached hydrogen (secondary N) is 2. The molecule has 6 heteroatoms. The van der Waals surface area contributed by atoms with E-state index in [0.717, 1.165) is 18.4 Å². The molecule has 0 bridgehead atoms. The van der Waals surface area contributed by atoms with Crippen molar-refractivity contribution in [2.24, 2.45) is 0 Å². The SMILES string of the molecule is O=C(COC1CCCCC1)NCc1cccc(NC(=O)c2ccco2)c1. The molecule has 0 spiro atoms. The van der Waals surface area contributed by atoms with Crippen LogP contribution in [0.25, 0.3) is 0 Å². The summed E-state index contributed by atoms with van der Waals surface area (Å²) in [6.07, 6.45) is 7.39. The maximum absolute atomic E-state index is 12.0. The van der Waals surface area contributed by atoms with Gasteiger partial charge in [0.1, 0.15) is 6.61 Å². The van der Waals surface area contributed by atoms with Crippen molar-refractivity contribution < 1.29 is 18.7 Å². The first-order valence-electron chi connectivity index (χ1n) is 9.03. The van der Waals surface area contributed by atoms with Crippen molar-refractivity contribution >= 4 is 17.5 Å². The van der Waals surface area contributed by atoms with Gasteiger partial charge in [-0.1, -0.05) is 31.4 Å². The average molecular weight is 356 g/mol. The minimum atomic E-state index is -0.308. The number of carbonyl (C=O) groups excluding carboxylic acids is 2. The smallest absolute Gasteiger partial charge is 0.291 e. The first-order valence-corrected chi connectivity index (χ1v) is 9.03. The Labute approximate surface area is 152 Å². The third-order valence-electron chi connectivity index (χ3n) is 4.42. The second-order valence-electron chi connectivity index (χ2n) is 6.48. The minimum Gasteiger partial charge on any atom is -0.459 e. The first-order chi connectivity index (χ1) is 12.7. The van der Waals surface area contributed by atoms with E-state index in [9.17, 15) is 9.59 Å². The first kappa shape index (κ1) is 18.2. The lowest BCUT2D eigenvalue weighted by Crippen LogP contribution is -2.30. The zero-order valence-electron chi connectivity index (χ0n) is 14.7. The molecule has 2 N–H and O–H groups in total. The summed E-state index contributed by atoms with van der Waals surface area (Å²) in [7, 11) is 0. The van der Waals surface area contributed by atoms with Crippen molar-refractivity contribution in [1.29, 1.82) is 0 Å². The predicted octanol–water partition coefficient (Wildman–Crippen LogP) is 3.50. The quantitative estimate of drug-likeness (QED) is 0.796. The van der Waals surface area contributed by atoms with Crippen LogP contribution >= 0.6 is 0 Å². The fraction of sp³-hybridized carbons (Fsp3) is 0.400. The topological polar surface area (TPSA) is 80.6 Å². The lowest BCUT2D eigenvalue weighted by Gasteiger charge is -2.21. The molecule has 1 aliphatic carbocycles. The molecule has 6 nitrogen and oxygen atoms in total. The monoisotopic (exact) mass is 356 g/mol. The Hall–Kier alpha value is -2.60. The Morgan fingerprint density at radius 1 is 1.12 bits per heavy atom. The molecule has 1 heterocycles. The number of ether oxygens (including phenoxy) is 1. The summed E-state index contributed by atoms with van der Waals surface area (Å²) in [6.45, 7) is 0.483. The minimum absolute atomic E-state index is 0.0968. The number of furan rings is 1. The maximum atomic E-state index is 12.0. The van der Waals surface area contributed by atoms with E-state index in [1.165, 1.54) is 25.5 Å². The Balaban J connectivity index is 1.44. The van der Waals surface area contributed by atoms with Gasteiger partial charge in [0, 0.05) is 12.2 Å². The van der Waals surface area contributed by atoms with Crippen LogP contribution in [0.4, 0.5) is 5.69 Å². The Morgan fingerprint density at radius 2 is 1.96 bits per heavy atom. The number of hydrogen-bond acceptors (Lipinski definition) is 4. The predicted molar refractivity (Wildman–Crippen MR) is 97.8 cm³/mol. The molecule has 0 unspecified atom stereocenters. The zero-order chi connectivity index (χ0) is 18.2. The highest BCUT2D eigenvalue weighted by Gasteiger charge is 2.15. The molecule has 0 saturated heterocycles. The van der Waals surface area contributed by atoms with Crippen molar-refractivity contribution in [3.8, 4) is 0 Å². The van der Waals surface area contributed by atoms with E-state index in [1.807, 2.05) is 18.2 Å². The summed E-state index contributed by atoms with van der Waals surface area (Å²) in [6, 6.07) is 10.6. The van der Waals surface area contributed by atoms with Crippen LogP contribution in [0.2, 0.25) is 0 Å². The van der Waals surface area contributed by atoms with Crippen LogP contribution < -0.4 is 10.6 Å². The zero-order valence-corrected chi connectivity index (χ0v) is 14.7. The molecule has 3 rings (SSSR count). The van der Waals surface area contributed by atoms with Gasteiger partial charge in [-0.2, -0.15) is 0 Å². The van der Waals surface area contributed by atoms with Crippen LogP contribution in [-0.2, 0) is 16.1 Å². The lowest BCUT2D eigenvalue weighted by molar-refractivity contribution is -0.128. The van der Waals surface area contributed by atoms with Gasteiger partial charge < -0.3 is 19.8 Å². The van der Waals surface area contributed by atoms with Gasteiger partial charge in [0.25, 0.3) is 5.91 Å². The van der Waals surface area contributed by atoms with Crippen LogP contribution in [0, 0.1) is 0 Å². The fourth-order valence-electron chi connectivity index (χ4n) is 3.04. The van der Waals surface area contributed by atoms with Gasteiger partial charge in [-0.15, -0.1) is 0 Å². The molecule has 1 fully saturated rings. The third-order valence-corrected chi connectivity index (χ3v) is 4.42. The lowest BCUT2D eigenvalue weighted by atomic mass is 9.98. The highest BCUT2D eigenvalue weighted by Crippen LogP contribution is 2.20. The normalized spacial score (nSPS) is 14.8. The van der Waals surface area contributed by atoms with Crippen LogP contribution in [-0.4, -0.2) is 24.5 Å². The van der Waals surface area contributed by atoms with Gasteiger partial charge in [-0.05, 0) is 42.7 Å². The van der Waals surface area contributed by atoms with E-state index < -0.39 is 0 Å². The molecule has 0 aliphatic heterocycles. The van der Waals surface area contributed by atoms with Crippen molar-refractivity contribution in [1.82, 2.24) is 5.32 Å². The number of anilines is 1. The molecule has 0 radical (unpaired) electrons. The average Bonchev–Trinajstić information content (AvgIpc) is 3.21. The molecule has 138 valence electrons. The van der Waals surface area contributed by atoms with Crippen LogP contribution in [0.15, 0.2) is 47.1 Å². The number of carbonyl (C=O) groups is 2. The molecular formula is C20H24N2O4. The van der Waals surface area contributed by atoms with Crippen molar-refractivity contribution in [3.63, 3.8) is 0 Å². The van der Waals surface area contributed by atoms with Gasteiger partial charge in [-0.3, -0.25) is 9.59 Å². The molecule has 1 aromatic carbocycles. The summed E-state index contributed by atoms with van der Waals surface area (Å²) in [4.78, 5) is 24.0. The second-order valence-corrected chi connectivity index (χ2v) is 6.48. The Bertz CT molecular complexity index is 721. The number of hydrogen-bond donors (Lipinski definition) is 2. The number of rotatable bonds is 7. The Kier molecular flexibility index (Phi) is 6.44. The third kappa shape index (κ3) is 5.46. The number of amides is 2. The van der Waals surface area contributed by atoms with Crippen molar-refractivity contribution in [2.75, 3.05) is 11.9 Å². The van der Waals surface area contributed by atoms with Crippen molar-refractivity contribution in [2.45, 2.75) is 44.8 Å². The second kappa shape index (κ2) is 9.20. The van der Waals surface area contributed by atoms with E-state index in [4.69, 9.17) is 9.15 Å². The highest BCUT2D eigenvalue weighted by molar-refractivity contribution is 6.02. The molecule has 1 aliphatic rings. The summed E-state index contributed by atoms with van der Waals surface area (Å²) in [5.74, 6) is -0.179. The van der Waals surface area contributed by atoms with Crippen LogP contribution in [0.1, 0.15) is 48.2 Å². The van der Waals surface area contributed by atoms with E-state index in [1.54, 1.807) is 18.2 Å². The van der Waals surface area contributed by atoms with Gasteiger partial charge in [0.15, 0.2) is 5.76 Å². The van der Waals surface area contributed by atoms with Gasteiger partial charge in [0.05, 0.1) is 12.4 Å². The van der Waals surface area contributed by atoms with Crippen LogP contribution in [0.5, 0.6) is 0 Å². The summed E-state index contributed by atoms with van der Waals surface area (Å²) in [5.41, 5.74) is 1.55. The Morgan fingerprint density at radius 3 is 2.73 bits per heavy atom. The largest absolute Gasteiger partial charge is 0.459 e.